The largest absolute Gasteiger partial charge is 0.368 e. The van der Waals surface area contributed by atoms with E-state index in [0.717, 1.165) is 50.9 Å². The molecule has 2 heterocycles. The van der Waals surface area contributed by atoms with Crippen LogP contribution in [-0.4, -0.2) is 61.2 Å². The Balaban J connectivity index is 2.21. The minimum absolute atomic E-state index is 0.360. The summed E-state index contributed by atoms with van der Waals surface area (Å²) < 4.78 is 0. The molecule has 19 heavy (non-hydrogen) atoms. The number of hydrogen-bond acceptors (Lipinski definition) is 6. The molecular formula is C13H24N6. The molecule has 6 nitrogen and oxygen atoms in total. The lowest BCUT2D eigenvalue weighted by Crippen LogP contribution is -2.45. The summed E-state index contributed by atoms with van der Waals surface area (Å²) in [5, 5.41) is 0. The van der Waals surface area contributed by atoms with Gasteiger partial charge in [-0.25, -0.2) is 0 Å². The lowest BCUT2D eigenvalue weighted by Gasteiger charge is -2.33. The van der Waals surface area contributed by atoms with Gasteiger partial charge in [0.2, 0.25) is 5.95 Å². The number of rotatable bonds is 4. The van der Waals surface area contributed by atoms with Gasteiger partial charge in [-0.3, -0.25) is 0 Å². The van der Waals surface area contributed by atoms with Gasteiger partial charge >= 0.3 is 0 Å². The molecule has 6 heteroatoms. The maximum absolute atomic E-state index is 5.85. The monoisotopic (exact) mass is 264 g/mol. The van der Waals surface area contributed by atoms with Gasteiger partial charge < -0.3 is 20.4 Å². The summed E-state index contributed by atoms with van der Waals surface area (Å²) in [6.45, 7) is 10.2. The maximum atomic E-state index is 5.85. The van der Waals surface area contributed by atoms with Crippen LogP contribution in [0.3, 0.4) is 0 Å². The molecule has 0 atom stereocenters. The van der Waals surface area contributed by atoms with E-state index in [9.17, 15) is 0 Å². The third-order valence-corrected chi connectivity index (χ3v) is 3.63. The number of nitrogens with two attached hydrogens (primary N) is 1. The number of anilines is 3. The van der Waals surface area contributed by atoms with E-state index < -0.39 is 0 Å². The Morgan fingerprint density at radius 1 is 1.16 bits per heavy atom. The molecule has 2 N–H and O–H groups in total. The van der Waals surface area contributed by atoms with E-state index in [2.05, 4.69) is 51.6 Å². The van der Waals surface area contributed by atoms with Crippen LogP contribution in [0.15, 0.2) is 6.07 Å². The van der Waals surface area contributed by atoms with Crippen LogP contribution in [0, 0.1) is 0 Å². The van der Waals surface area contributed by atoms with Gasteiger partial charge in [0.1, 0.15) is 11.6 Å². The Bertz CT molecular complexity index is 410. The van der Waals surface area contributed by atoms with Crippen LogP contribution in [0.5, 0.6) is 0 Å². The summed E-state index contributed by atoms with van der Waals surface area (Å²) in [7, 11) is 2.15. The molecule has 0 radical (unpaired) electrons. The zero-order valence-corrected chi connectivity index (χ0v) is 12.1. The number of likely N-dealkylation sites (N-methyl/N-ethyl adjacent to an activating group) is 1. The minimum Gasteiger partial charge on any atom is -0.368 e. The lowest BCUT2D eigenvalue weighted by molar-refractivity contribution is 0.312. The summed E-state index contributed by atoms with van der Waals surface area (Å²) in [5.41, 5.74) is 5.85. The second-order valence-electron chi connectivity index (χ2n) is 4.91. The summed E-state index contributed by atoms with van der Waals surface area (Å²) >= 11 is 0. The van der Waals surface area contributed by atoms with E-state index in [-0.39, 0.29) is 0 Å². The SMILES string of the molecule is CCN(CC)c1cc(N2CCN(C)CC2)nc(N)n1. The van der Waals surface area contributed by atoms with Gasteiger partial charge in [-0.2, -0.15) is 9.97 Å². The normalized spacial score (nSPS) is 16.7. The average Bonchev–Trinajstić information content (AvgIpc) is 2.40. The predicted molar refractivity (Wildman–Crippen MR) is 79.7 cm³/mol. The Morgan fingerprint density at radius 2 is 1.79 bits per heavy atom. The smallest absolute Gasteiger partial charge is 0.223 e. The predicted octanol–water partition coefficient (Wildman–Crippen LogP) is 0.657. The topological polar surface area (TPSA) is 61.5 Å². The second-order valence-corrected chi connectivity index (χ2v) is 4.91. The van der Waals surface area contributed by atoms with Gasteiger partial charge in [-0.05, 0) is 20.9 Å². The van der Waals surface area contributed by atoms with Crippen molar-refractivity contribution in [2.75, 3.05) is 61.8 Å². The minimum atomic E-state index is 0.360. The summed E-state index contributed by atoms with van der Waals surface area (Å²) in [5.74, 6) is 2.23. The van der Waals surface area contributed by atoms with Crippen LogP contribution >= 0.6 is 0 Å². The van der Waals surface area contributed by atoms with Crippen LogP contribution in [0.2, 0.25) is 0 Å². The van der Waals surface area contributed by atoms with Gasteiger partial charge in [-0.15, -0.1) is 0 Å². The molecule has 1 aliphatic rings. The van der Waals surface area contributed by atoms with Gasteiger partial charge in [0, 0.05) is 45.3 Å². The van der Waals surface area contributed by atoms with E-state index in [4.69, 9.17) is 5.73 Å². The lowest BCUT2D eigenvalue weighted by atomic mass is 10.3. The molecule has 0 aromatic carbocycles. The fourth-order valence-corrected chi connectivity index (χ4v) is 2.35. The molecule has 1 aromatic heterocycles. The highest BCUT2D eigenvalue weighted by Gasteiger charge is 2.17. The highest BCUT2D eigenvalue weighted by Crippen LogP contribution is 2.21. The van der Waals surface area contributed by atoms with Crippen molar-refractivity contribution in [3.8, 4) is 0 Å². The molecule has 1 aromatic rings. The number of aromatic nitrogens is 2. The van der Waals surface area contributed by atoms with Crippen molar-refractivity contribution in [2.24, 2.45) is 0 Å². The van der Waals surface area contributed by atoms with E-state index in [1.54, 1.807) is 0 Å². The highest BCUT2D eigenvalue weighted by atomic mass is 15.3. The molecule has 0 bridgehead atoms. The van der Waals surface area contributed by atoms with Crippen LogP contribution < -0.4 is 15.5 Å². The highest BCUT2D eigenvalue weighted by molar-refractivity contribution is 5.54. The van der Waals surface area contributed by atoms with Crippen molar-refractivity contribution in [3.05, 3.63) is 6.07 Å². The fourth-order valence-electron chi connectivity index (χ4n) is 2.35. The van der Waals surface area contributed by atoms with E-state index in [0.29, 0.717) is 5.95 Å². The van der Waals surface area contributed by atoms with Gasteiger partial charge in [0.15, 0.2) is 0 Å². The summed E-state index contributed by atoms with van der Waals surface area (Å²) in [6, 6.07) is 2.05. The fraction of sp³-hybridized carbons (Fsp3) is 0.692. The van der Waals surface area contributed by atoms with Crippen molar-refractivity contribution in [1.29, 1.82) is 0 Å². The number of piperazine rings is 1. The molecule has 2 rings (SSSR count). The molecule has 0 unspecified atom stereocenters. The Hall–Kier alpha value is -1.56. The van der Waals surface area contributed by atoms with Crippen molar-refractivity contribution >= 4 is 17.6 Å². The quantitative estimate of drug-likeness (QED) is 0.862. The molecule has 0 spiro atoms. The molecular weight excluding hydrogens is 240 g/mol. The van der Waals surface area contributed by atoms with Gasteiger partial charge in [0.25, 0.3) is 0 Å². The Morgan fingerprint density at radius 3 is 2.37 bits per heavy atom. The van der Waals surface area contributed by atoms with Crippen molar-refractivity contribution < 1.29 is 0 Å². The molecule has 1 saturated heterocycles. The first kappa shape index (κ1) is 13.9. The van der Waals surface area contributed by atoms with Crippen LogP contribution in [0.4, 0.5) is 17.6 Å². The van der Waals surface area contributed by atoms with E-state index in [1.165, 1.54) is 0 Å². The standard InChI is InChI=1S/C13H24N6/c1-4-18(5-2)11-10-12(16-13(14)15-11)19-8-6-17(3)7-9-19/h10H,4-9H2,1-3H3,(H2,14,15,16). The van der Waals surface area contributed by atoms with Crippen molar-refractivity contribution in [1.82, 2.24) is 14.9 Å². The zero-order valence-electron chi connectivity index (χ0n) is 12.1. The van der Waals surface area contributed by atoms with Crippen molar-refractivity contribution in [2.45, 2.75) is 13.8 Å². The summed E-state index contributed by atoms with van der Waals surface area (Å²) in [4.78, 5) is 15.5. The van der Waals surface area contributed by atoms with Crippen LogP contribution in [0.25, 0.3) is 0 Å². The molecule has 1 aliphatic heterocycles. The molecule has 106 valence electrons. The Labute approximate surface area is 115 Å². The third kappa shape index (κ3) is 3.26. The summed E-state index contributed by atoms with van der Waals surface area (Å²) in [6.07, 6.45) is 0. The number of nitrogens with zero attached hydrogens (tertiary/aromatic N) is 5. The number of nitrogen functional groups attached to an aromatic ring is 1. The first-order valence-corrected chi connectivity index (χ1v) is 6.97. The Kier molecular flexibility index (Phi) is 4.42. The van der Waals surface area contributed by atoms with E-state index >= 15 is 0 Å². The molecule has 0 amide bonds. The third-order valence-electron chi connectivity index (χ3n) is 3.63. The maximum Gasteiger partial charge on any atom is 0.223 e. The first-order valence-electron chi connectivity index (χ1n) is 6.97. The van der Waals surface area contributed by atoms with Gasteiger partial charge in [-0.1, -0.05) is 0 Å². The zero-order chi connectivity index (χ0) is 13.8. The van der Waals surface area contributed by atoms with Crippen LogP contribution in [-0.2, 0) is 0 Å². The van der Waals surface area contributed by atoms with E-state index in [1.807, 2.05) is 0 Å². The number of hydrogen-bond donors (Lipinski definition) is 1. The van der Waals surface area contributed by atoms with Crippen molar-refractivity contribution in [3.63, 3.8) is 0 Å². The second kappa shape index (κ2) is 6.06. The average molecular weight is 264 g/mol. The molecule has 1 fully saturated rings. The van der Waals surface area contributed by atoms with Gasteiger partial charge in [0.05, 0.1) is 0 Å². The van der Waals surface area contributed by atoms with Crippen LogP contribution in [0.1, 0.15) is 13.8 Å². The molecule has 0 aliphatic carbocycles. The molecule has 0 saturated carbocycles. The first-order chi connectivity index (χ1) is 9.13.